The second-order valence-corrected chi connectivity index (χ2v) is 3.68. The molecule has 0 aliphatic carbocycles. The summed E-state index contributed by atoms with van der Waals surface area (Å²) in [6, 6.07) is 12.0. The van der Waals surface area contributed by atoms with E-state index >= 15 is 0 Å². The maximum Gasteiger partial charge on any atom is 0.0256 e. The Balaban J connectivity index is 2.92. The highest BCUT2D eigenvalue weighted by molar-refractivity contribution is 9.10. The zero-order chi connectivity index (χ0) is 9.26. The predicted octanol–water partition coefficient (Wildman–Crippen LogP) is 3.60. The van der Waals surface area contributed by atoms with Gasteiger partial charge in [-0.1, -0.05) is 46.3 Å². The maximum absolute atomic E-state index is 7.26. The molecule has 0 aliphatic rings. The van der Waals surface area contributed by atoms with E-state index in [9.17, 15) is 0 Å². The Morgan fingerprint density at radius 3 is 2.46 bits per heavy atom. The van der Waals surface area contributed by atoms with E-state index in [1.54, 1.807) is 0 Å². The second kappa shape index (κ2) is 3.30. The number of hydrogen-bond acceptors (Lipinski definition) is 1. The Morgan fingerprint density at radius 1 is 1.00 bits per heavy atom. The van der Waals surface area contributed by atoms with Crippen LogP contribution in [0.3, 0.4) is 0 Å². The first-order valence-electron chi connectivity index (χ1n) is 4.00. The standard InChI is InChI=1S/C11H8BrN/c12-11-6-2-4-9-8(7-13)3-1-5-10(9)11/h1-7,13H. The van der Waals surface area contributed by atoms with Gasteiger partial charge in [0.25, 0.3) is 0 Å². The summed E-state index contributed by atoms with van der Waals surface area (Å²) >= 11 is 3.49. The van der Waals surface area contributed by atoms with Crippen molar-refractivity contribution in [2.45, 2.75) is 0 Å². The third kappa shape index (κ3) is 1.38. The average molecular weight is 234 g/mol. The molecule has 1 N–H and O–H groups in total. The Hall–Kier alpha value is -1.15. The van der Waals surface area contributed by atoms with Crippen molar-refractivity contribution in [3.63, 3.8) is 0 Å². The monoisotopic (exact) mass is 233 g/mol. The van der Waals surface area contributed by atoms with Gasteiger partial charge in [-0.25, -0.2) is 0 Å². The van der Waals surface area contributed by atoms with Gasteiger partial charge in [-0.3, -0.25) is 0 Å². The molecule has 0 amide bonds. The Kier molecular flexibility index (Phi) is 2.15. The number of hydrogen-bond donors (Lipinski definition) is 1. The summed E-state index contributed by atoms with van der Waals surface area (Å²) in [6.07, 6.45) is 1.38. The third-order valence-electron chi connectivity index (χ3n) is 2.06. The van der Waals surface area contributed by atoms with Crippen LogP contribution in [-0.4, -0.2) is 6.21 Å². The highest BCUT2D eigenvalue weighted by Crippen LogP contribution is 2.25. The highest BCUT2D eigenvalue weighted by Gasteiger charge is 1.99. The van der Waals surface area contributed by atoms with E-state index < -0.39 is 0 Å². The van der Waals surface area contributed by atoms with E-state index in [2.05, 4.69) is 15.9 Å². The SMILES string of the molecule is N=Cc1cccc2c(Br)cccc12. The van der Waals surface area contributed by atoms with E-state index in [1.165, 1.54) is 6.21 Å². The smallest absolute Gasteiger partial charge is 0.0256 e. The average Bonchev–Trinajstić information content (AvgIpc) is 2.18. The van der Waals surface area contributed by atoms with Crippen LogP contribution in [0.25, 0.3) is 10.8 Å². The van der Waals surface area contributed by atoms with Gasteiger partial charge in [0, 0.05) is 10.7 Å². The van der Waals surface area contributed by atoms with Crippen molar-refractivity contribution in [2.75, 3.05) is 0 Å². The van der Waals surface area contributed by atoms with E-state index in [0.717, 1.165) is 20.8 Å². The predicted molar refractivity (Wildman–Crippen MR) is 59.5 cm³/mol. The second-order valence-electron chi connectivity index (χ2n) is 2.83. The fourth-order valence-electron chi connectivity index (χ4n) is 1.42. The Morgan fingerprint density at radius 2 is 1.69 bits per heavy atom. The van der Waals surface area contributed by atoms with Crippen molar-refractivity contribution in [2.24, 2.45) is 0 Å². The molecule has 0 aromatic heterocycles. The van der Waals surface area contributed by atoms with Crippen LogP contribution < -0.4 is 0 Å². The molecule has 0 saturated carbocycles. The number of rotatable bonds is 1. The molecule has 0 heterocycles. The van der Waals surface area contributed by atoms with Gasteiger partial charge < -0.3 is 5.41 Å². The number of benzene rings is 2. The highest BCUT2D eigenvalue weighted by atomic mass is 79.9. The number of halogens is 1. The minimum atomic E-state index is 0.957. The van der Waals surface area contributed by atoms with Gasteiger partial charge in [0.1, 0.15) is 0 Å². The molecule has 0 unspecified atom stereocenters. The summed E-state index contributed by atoms with van der Waals surface area (Å²) in [5.41, 5.74) is 0.957. The van der Waals surface area contributed by atoms with Crippen LogP contribution in [0.5, 0.6) is 0 Å². The first kappa shape index (κ1) is 8.45. The lowest BCUT2D eigenvalue weighted by Gasteiger charge is -2.02. The van der Waals surface area contributed by atoms with Crippen molar-refractivity contribution in [3.8, 4) is 0 Å². The number of fused-ring (bicyclic) bond motifs is 1. The van der Waals surface area contributed by atoms with Gasteiger partial charge in [-0.15, -0.1) is 0 Å². The van der Waals surface area contributed by atoms with Crippen molar-refractivity contribution >= 4 is 32.9 Å². The van der Waals surface area contributed by atoms with E-state index in [-0.39, 0.29) is 0 Å². The van der Waals surface area contributed by atoms with Gasteiger partial charge >= 0.3 is 0 Å². The molecule has 13 heavy (non-hydrogen) atoms. The van der Waals surface area contributed by atoms with Crippen LogP contribution in [-0.2, 0) is 0 Å². The van der Waals surface area contributed by atoms with E-state index in [0.29, 0.717) is 0 Å². The van der Waals surface area contributed by atoms with Crippen LogP contribution in [0, 0.1) is 5.41 Å². The van der Waals surface area contributed by atoms with Gasteiger partial charge in [0.05, 0.1) is 0 Å². The van der Waals surface area contributed by atoms with E-state index in [4.69, 9.17) is 5.41 Å². The summed E-state index contributed by atoms with van der Waals surface area (Å²) < 4.78 is 1.08. The molecule has 0 aliphatic heterocycles. The van der Waals surface area contributed by atoms with Crippen molar-refractivity contribution < 1.29 is 0 Å². The third-order valence-corrected chi connectivity index (χ3v) is 2.75. The molecule has 0 radical (unpaired) electrons. The zero-order valence-electron chi connectivity index (χ0n) is 6.92. The van der Waals surface area contributed by atoms with Crippen LogP contribution in [0.2, 0.25) is 0 Å². The van der Waals surface area contributed by atoms with Crippen LogP contribution in [0.4, 0.5) is 0 Å². The normalized spacial score (nSPS) is 10.2. The van der Waals surface area contributed by atoms with Gasteiger partial charge in [0.15, 0.2) is 0 Å². The molecule has 0 atom stereocenters. The molecule has 1 nitrogen and oxygen atoms in total. The Labute approximate surface area is 85.0 Å². The molecule has 2 aromatic rings. The van der Waals surface area contributed by atoms with Crippen molar-refractivity contribution in [1.82, 2.24) is 0 Å². The molecular weight excluding hydrogens is 226 g/mol. The number of nitrogens with one attached hydrogen (secondary N) is 1. The van der Waals surface area contributed by atoms with Crippen LogP contribution in [0.1, 0.15) is 5.56 Å². The first-order chi connectivity index (χ1) is 6.33. The lowest BCUT2D eigenvalue weighted by Crippen LogP contribution is -1.82. The maximum atomic E-state index is 7.26. The minimum absolute atomic E-state index is 0.957. The fraction of sp³-hybridized carbons (Fsp3) is 0. The topological polar surface area (TPSA) is 23.9 Å². The Bertz CT molecular complexity index is 463. The summed E-state index contributed by atoms with van der Waals surface area (Å²) in [5, 5.41) is 9.53. The van der Waals surface area contributed by atoms with Crippen LogP contribution >= 0.6 is 15.9 Å². The van der Waals surface area contributed by atoms with Crippen molar-refractivity contribution in [1.29, 1.82) is 5.41 Å². The summed E-state index contributed by atoms with van der Waals surface area (Å²) in [5.74, 6) is 0. The summed E-state index contributed by atoms with van der Waals surface area (Å²) in [7, 11) is 0. The fourth-order valence-corrected chi connectivity index (χ4v) is 1.92. The molecule has 2 rings (SSSR count). The molecule has 2 aromatic carbocycles. The molecular formula is C11H8BrN. The van der Waals surface area contributed by atoms with Gasteiger partial charge in [-0.2, -0.15) is 0 Å². The molecule has 0 fully saturated rings. The lowest BCUT2D eigenvalue weighted by atomic mass is 10.1. The molecule has 0 bridgehead atoms. The molecule has 2 heteroatoms. The molecule has 64 valence electrons. The zero-order valence-corrected chi connectivity index (χ0v) is 8.51. The summed E-state index contributed by atoms with van der Waals surface area (Å²) in [4.78, 5) is 0. The molecule has 0 saturated heterocycles. The van der Waals surface area contributed by atoms with E-state index in [1.807, 2.05) is 36.4 Å². The first-order valence-corrected chi connectivity index (χ1v) is 4.80. The lowest BCUT2D eigenvalue weighted by molar-refractivity contribution is 1.55. The van der Waals surface area contributed by atoms with Crippen molar-refractivity contribution in [3.05, 3.63) is 46.4 Å². The quantitative estimate of drug-likeness (QED) is 0.729. The van der Waals surface area contributed by atoms with Crippen LogP contribution in [0.15, 0.2) is 40.9 Å². The van der Waals surface area contributed by atoms with Gasteiger partial charge in [0.2, 0.25) is 0 Å². The molecule has 0 spiro atoms. The summed E-state index contributed by atoms with van der Waals surface area (Å²) in [6.45, 7) is 0. The largest absolute Gasteiger partial charge is 0.308 e. The minimum Gasteiger partial charge on any atom is -0.308 e. The van der Waals surface area contributed by atoms with Gasteiger partial charge in [-0.05, 0) is 22.4 Å².